The predicted octanol–water partition coefficient (Wildman–Crippen LogP) is 3.31. The Labute approximate surface area is 130 Å². The van der Waals surface area contributed by atoms with Gasteiger partial charge in [0.05, 0.1) is 0 Å². The molecule has 20 heavy (non-hydrogen) atoms. The van der Waals surface area contributed by atoms with Crippen LogP contribution in [0.5, 0.6) is 0 Å². The van der Waals surface area contributed by atoms with Crippen molar-refractivity contribution >= 4 is 21.8 Å². The van der Waals surface area contributed by atoms with Crippen LogP contribution in [-0.4, -0.2) is 48.4 Å². The molecule has 0 aromatic heterocycles. The van der Waals surface area contributed by atoms with Gasteiger partial charge in [0.25, 0.3) is 5.91 Å². The highest BCUT2D eigenvalue weighted by Crippen LogP contribution is 2.23. The molecule has 1 aromatic rings. The van der Waals surface area contributed by atoms with Gasteiger partial charge in [-0.05, 0) is 44.0 Å². The maximum atomic E-state index is 12.7. The number of likely N-dealkylation sites (tertiary alicyclic amines) is 1. The Hall–Kier alpha value is -0.870. The van der Waals surface area contributed by atoms with Gasteiger partial charge in [-0.25, -0.2) is 0 Å². The largest absolute Gasteiger partial charge is 0.339 e. The number of nitrogens with zero attached hydrogens (tertiary/aromatic N) is 2. The van der Waals surface area contributed by atoms with Crippen molar-refractivity contribution in [3.63, 3.8) is 0 Å². The Balaban J connectivity index is 2.07. The summed E-state index contributed by atoms with van der Waals surface area (Å²) in [5, 5.41) is 0. The molecule has 1 heterocycles. The Morgan fingerprint density at radius 3 is 2.65 bits per heavy atom. The Kier molecular flexibility index (Phi) is 5.22. The maximum Gasteiger partial charge on any atom is 0.254 e. The highest BCUT2D eigenvalue weighted by Gasteiger charge is 2.26. The highest BCUT2D eigenvalue weighted by molar-refractivity contribution is 9.10. The van der Waals surface area contributed by atoms with Crippen molar-refractivity contribution in [3.05, 3.63) is 33.8 Å². The molecule has 4 heteroatoms. The van der Waals surface area contributed by atoms with Crippen molar-refractivity contribution in [1.82, 2.24) is 9.80 Å². The Morgan fingerprint density at radius 2 is 2.05 bits per heavy atom. The summed E-state index contributed by atoms with van der Waals surface area (Å²) in [6.07, 6.45) is 2.15. The van der Waals surface area contributed by atoms with Gasteiger partial charge in [-0.2, -0.15) is 0 Å². The monoisotopic (exact) mass is 338 g/mol. The SMILES string of the molecule is CCN1CCC(N(C)C(=O)c2cccc(Br)c2C)CC1. The summed E-state index contributed by atoms with van der Waals surface area (Å²) in [6, 6.07) is 6.19. The third-order valence-electron chi connectivity index (χ3n) is 4.37. The minimum Gasteiger partial charge on any atom is -0.339 e. The van der Waals surface area contributed by atoms with E-state index in [0.717, 1.165) is 48.1 Å². The molecule has 0 spiro atoms. The van der Waals surface area contributed by atoms with E-state index < -0.39 is 0 Å². The zero-order valence-electron chi connectivity index (χ0n) is 12.5. The van der Waals surface area contributed by atoms with Crippen molar-refractivity contribution in [1.29, 1.82) is 0 Å². The van der Waals surface area contributed by atoms with E-state index in [9.17, 15) is 4.79 Å². The number of carbonyl (C=O) groups is 1. The molecule has 3 nitrogen and oxygen atoms in total. The fourth-order valence-electron chi connectivity index (χ4n) is 2.82. The summed E-state index contributed by atoms with van der Waals surface area (Å²) < 4.78 is 0.998. The van der Waals surface area contributed by atoms with Crippen LogP contribution in [0.3, 0.4) is 0 Å². The molecule has 1 amide bonds. The third-order valence-corrected chi connectivity index (χ3v) is 5.23. The van der Waals surface area contributed by atoms with Crippen LogP contribution in [0.2, 0.25) is 0 Å². The lowest BCUT2D eigenvalue weighted by atomic mass is 10.0. The number of hydrogen-bond donors (Lipinski definition) is 0. The molecule has 0 N–H and O–H groups in total. The van der Waals surface area contributed by atoms with Crippen LogP contribution in [0, 0.1) is 6.92 Å². The van der Waals surface area contributed by atoms with Gasteiger partial charge in [0, 0.05) is 36.2 Å². The maximum absolute atomic E-state index is 12.7. The average Bonchev–Trinajstić information content (AvgIpc) is 2.48. The minimum atomic E-state index is 0.138. The van der Waals surface area contributed by atoms with E-state index in [-0.39, 0.29) is 5.91 Å². The molecular weight excluding hydrogens is 316 g/mol. The zero-order chi connectivity index (χ0) is 14.7. The van der Waals surface area contributed by atoms with Crippen LogP contribution in [-0.2, 0) is 0 Å². The van der Waals surface area contributed by atoms with Gasteiger partial charge in [-0.15, -0.1) is 0 Å². The summed E-state index contributed by atoms with van der Waals surface area (Å²) in [6.45, 7) is 7.48. The molecule has 1 aliphatic rings. The first-order chi connectivity index (χ1) is 9.54. The van der Waals surface area contributed by atoms with Gasteiger partial charge in [0.1, 0.15) is 0 Å². The number of halogens is 1. The fraction of sp³-hybridized carbons (Fsp3) is 0.562. The molecule has 1 saturated heterocycles. The van der Waals surface area contributed by atoms with Crippen LogP contribution >= 0.6 is 15.9 Å². The Morgan fingerprint density at radius 1 is 1.40 bits per heavy atom. The molecule has 1 aromatic carbocycles. The lowest BCUT2D eigenvalue weighted by molar-refractivity contribution is 0.0646. The van der Waals surface area contributed by atoms with Gasteiger partial charge in [0.2, 0.25) is 0 Å². The van der Waals surface area contributed by atoms with E-state index in [1.807, 2.05) is 37.1 Å². The molecule has 0 saturated carbocycles. The number of amides is 1. The molecule has 0 radical (unpaired) electrons. The lowest BCUT2D eigenvalue weighted by Gasteiger charge is -2.36. The van der Waals surface area contributed by atoms with Crippen LogP contribution in [0.25, 0.3) is 0 Å². The van der Waals surface area contributed by atoms with Crippen molar-refractivity contribution in [2.24, 2.45) is 0 Å². The Bertz CT molecular complexity index is 481. The summed E-state index contributed by atoms with van der Waals surface area (Å²) in [5.74, 6) is 0.138. The van der Waals surface area contributed by atoms with Gasteiger partial charge < -0.3 is 9.80 Å². The number of benzene rings is 1. The number of rotatable bonds is 3. The molecule has 110 valence electrons. The van der Waals surface area contributed by atoms with Gasteiger partial charge in [-0.3, -0.25) is 4.79 Å². The van der Waals surface area contributed by atoms with Crippen LogP contribution in [0.15, 0.2) is 22.7 Å². The minimum absolute atomic E-state index is 0.138. The van der Waals surface area contributed by atoms with E-state index in [4.69, 9.17) is 0 Å². The number of carbonyl (C=O) groups excluding carboxylic acids is 1. The molecule has 2 rings (SSSR count). The molecule has 1 fully saturated rings. The summed E-state index contributed by atoms with van der Waals surface area (Å²) >= 11 is 3.50. The highest BCUT2D eigenvalue weighted by atomic mass is 79.9. The second kappa shape index (κ2) is 6.72. The lowest BCUT2D eigenvalue weighted by Crippen LogP contribution is -2.45. The second-order valence-corrected chi connectivity index (χ2v) is 6.35. The smallest absolute Gasteiger partial charge is 0.254 e. The third kappa shape index (κ3) is 3.23. The number of piperidine rings is 1. The normalized spacial score (nSPS) is 17.2. The van der Waals surface area contributed by atoms with E-state index in [0.29, 0.717) is 6.04 Å². The van der Waals surface area contributed by atoms with Gasteiger partial charge >= 0.3 is 0 Å². The first kappa shape index (κ1) is 15.5. The fourth-order valence-corrected chi connectivity index (χ4v) is 3.18. The molecule has 1 aliphatic heterocycles. The molecule has 0 atom stereocenters. The van der Waals surface area contributed by atoms with Crippen molar-refractivity contribution in [2.75, 3.05) is 26.7 Å². The standard InChI is InChI=1S/C16H23BrN2O/c1-4-19-10-8-13(9-11-19)18(3)16(20)14-6-5-7-15(17)12(14)2/h5-7,13H,4,8-11H2,1-3H3. The molecule has 0 aliphatic carbocycles. The summed E-state index contributed by atoms with van der Waals surface area (Å²) in [4.78, 5) is 17.0. The first-order valence-corrected chi connectivity index (χ1v) is 8.08. The van der Waals surface area contributed by atoms with E-state index in [1.165, 1.54) is 0 Å². The van der Waals surface area contributed by atoms with E-state index in [1.54, 1.807) is 0 Å². The van der Waals surface area contributed by atoms with Crippen molar-refractivity contribution in [3.8, 4) is 0 Å². The topological polar surface area (TPSA) is 23.6 Å². The van der Waals surface area contributed by atoms with Crippen LogP contribution < -0.4 is 0 Å². The average molecular weight is 339 g/mol. The van der Waals surface area contributed by atoms with Gasteiger partial charge in [-0.1, -0.05) is 28.9 Å². The van der Waals surface area contributed by atoms with Crippen molar-refractivity contribution in [2.45, 2.75) is 32.7 Å². The van der Waals surface area contributed by atoms with E-state index >= 15 is 0 Å². The molecule has 0 bridgehead atoms. The zero-order valence-corrected chi connectivity index (χ0v) is 14.1. The van der Waals surface area contributed by atoms with Gasteiger partial charge in [0.15, 0.2) is 0 Å². The predicted molar refractivity (Wildman–Crippen MR) is 86.1 cm³/mol. The van der Waals surface area contributed by atoms with Crippen LogP contribution in [0.4, 0.5) is 0 Å². The first-order valence-electron chi connectivity index (χ1n) is 7.29. The molecule has 0 unspecified atom stereocenters. The summed E-state index contributed by atoms with van der Waals surface area (Å²) in [7, 11) is 1.94. The quantitative estimate of drug-likeness (QED) is 0.844. The summed E-state index contributed by atoms with van der Waals surface area (Å²) in [5.41, 5.74) is 1.83. The second-order valence-electron chi connectivity index (χ2n) is 5.49. The molecular formula is C16H23BrN2O. The van der Waals surface area contributed by atoms with E-state index in [2.05, 4.69) is 27.8 Å². The van der Waals surface area contributed by atoms with Crippen LogP contribution in [0.1, 0.15) is 35.7 Å². The van der Waals surface area contributed by atoms with Crippen molar-refractivity contribution < 1.29 is 4.79 Å². The number of hydrogen-bond acceptors (Lipinski definition) is 2.